The number of nitrogens with one attached hydrogen (secondary N) is 2. The van der Waals surface area contributed by atoms with E-state index in [4.69, 9.17) is 0 Å². The molecule has 1 saturated carbocycles. The maximum absolute atomic E-state index is 12.7. The zero-order valence-corrected chi connectivity index (χ0v) is 20.9. The van der Waals surface area contributed by atoms with Crippen LogP contribution in [0.2, 0.25) is 0 Å². The van der Waals surface area contributed by atoms with E-state index < -0.39 is 11.3 Å². The maximum Gasteiger partial charge on any atom is 0.321 e. The molecule has 1 atom stereocenters. The Morgan fingerprint density at radius 2 is 1.71 bits per heavy atom. The number of benzene rings is 1. The third-order valence-corrected chi connectivity index (χ3v) is 7.70. The number of urea groups is 1. The van der Waals surface area contributed by atoms with Crippen LogP contribution in [0.5, 0.6) is 0 Å². The van der Waals surface area contributed by atoms with Crippen molar-refractivity contribution in [3.8, 4) is 0 Å². The fourth-order valence-electron chi connectivity index (χ4n) is 4.66. The van der Waals surface area contributed by atoms with Crippen LogP contribution in [0.1, 0.15) is 69.7 Å². The highest BCUT2D eigenvalue weighted by Gasteiger charge is 2.24. The fourth-order valence-corrected chi connectivity index (χ4v) is 5.53. The van der Waals surface area contributed by atoms with Gasteiger partial charge in [0.05, 0.1) is 18.3 Å². The lowest BCUT2D eigenvalue weighted by molar-refractivity contribution is -0.119. The predicted octanol–water partition coefficient (Wildman–Crippen LogP) is 3.95. The van der Waals surface area contributed by atoms with Crippen molar-refractivity contribution in [3.63, 3.8) is 0 Å². The van der Waals surface area contributed by atoms with Gasteiger partial charge >= 0.3 is 6.03 Å². The summed E-state index contributed by atoms with van der Waals surface area (Å²) in [6, 6.07) is 9.99. The first kappa shape index (κ1) is 24.7. The number of carbonyl (C=O) groups excluding carboxylic acids is 2. The summed E-state index contributed by atoms with van der Waals surface area (Å²) in [5.74, 6) is 0.598. The molecule has 0 spiro atoms. The zero-order valence-electron chi connectivity index (χ0n) is 20.0. The van der Waals surface area contributed by atoms with Crippen molar-refractivity contribution in [1.29, 1.82) is 0 Å². The predicted molar refractivity (Wildman–Crippen MR) is 134 cm³/mol. The zero-order chi connectivity index (χ0) is 23.8. The molecule has 0 radical (unpaired) electrons. The van der Waals surface area contributed by atoms with Crippen LogP contribution in [-0.4, -0.2) is 56.0 Å². The minimum Gasteiger partial charge on any atom is -0.335 e. The highest BCUT2D eigenvalue weighted by molar-refractivity contribution is 8.00. The largest absolute Gasteiger partial charge is 0.335 e. The molecule has 0 bridgehead atoms. The molecule has 34 heavy (non-hydrogen) atoms. The minimum atomic E-state index is -0.473. The van der Waals surface area contributed by atoms with Crippen LogP contribution >= 0.6 is 11.8 Å². The maximum atomic E-state index is 12.7. The van der Waals surface area contributed by atoms with Gasteiger partial charge in [0, 0.05) is 6.04 Å². The Labute approximate surface area is 206 Å². The van der Waals surface area contributed by atoms with Gasteiger partial charge in [-0.25, -0.2) is 4.79 Å². The number of amides is 3. The molecule has 1 aliphatic heterocycles. The molecule has 1 aliphatic carbocycles. The number of aromatic nitrogens is 3. The summed E-state index contributed by atoms with van der Waals surface area (Å²) >= 11 is 1.35. The van der Waals surface area contributed by atoms with Gasteiger partial charge in [0.1, 0.15) is 5.82 Å². The molecule has 2 aromatic rings. The number of nitrogens with zero attached hydrogens (tertiary/aromatic N) is 4. The van der Waals surface area contributed by atoms with Crippen LogP contribution in [0.15, 0.2) is 35.5 Å². The number of carbonyl (C=O) groups is 2. The normalized spacial score (nSPS) is 18.4. The van der Waals surface area contributed by atoms with Gasteiger partial charge in [-0.3, -0.25) is 15.0 Å². The van der Waals surface area contributed by atoms with Crippen LogP contribution in [0.25, 0.3) is 0 Å². The topological polar surface area (TPSA) is 92.2 Å². The molecule has 1 saturated heterocycles. The van der Waals surface area contributed by atoms with Crippen molar-refractivity contribution in [1.82, 2.24) is 30.3 Å². The first-order chi connectivity index (χ1) is 16.6. The van der Waals surface area contributed by atoms with Crippen molar-refractivity contribution >= 4 is 23.7 Å². The summed E-state index contributed by atoms with van der Waals surface area (Å²) in [6.07, 6.45) is 9.15. The van der Waals surface area contributed by atoms with E-state index >= 15 is 0 Å². The van der Waals surface area contributed by atoms with E-state index in [0.717, 1.165) is 56.7 Å². The molecule has 2 fully saturated rings. The average molecular weight is 485 g/mol. The molecular weight excluding hydrogens is 448 g/mol. The van der Waals surface area contributed by atoms with Crippen LogP contribution < -0.4 is 10.6 Å². The molecule has 184 valence electrons. The Morgan fingerprint density at radius 1 is 1.00 bits per heavy atom. The molecule has 4 rings (SSSR count). The van der Waals surface area contributed by atoms with E-state index in [1.807, 2.05) is 18.2 Å². The Bertz CT molecular complexity index is 938. The Balaban J connectivity index is 1.40. The molecule has 8 nitrogen and oxygen atoms in total. The van der Waals surface area contributed by atoms with Gasteiger partial charge in [-0.15, -0.1) is 10.2 Å². The van der Waals surface area contributed by atoms with E-state index in [1.165, 1.54) is 37.4 Å². The highest BCUT2D eigenvalue weighted by atomic mass is 32.2. The molecule has 3 amide bonds. The van der Waals surface area contributed by atoms with E-state index in [9.17, 15) is 9.59 Å². The van der Waals surface area contributed by atoms with Crippen LogP contribution in [-0.2, 0) is 17.9 Å². The van der Waals surface area contributed by atoms with Crippen molar-refractivity contribution < 1.29 is 9.59 Å². The van der Waals surface area contributed by atoms with Crippen LogP contribution in [0.3, 0.4) is 0 Å². The van der Waals surface area contributed by atoms with Crippen molar-refractivity contribution in [2.24, 2.45) is 0 Å². The van der Waals surface area contributed by atoms with Crippen LogP contribution in [0.4, 0.5) is 4.79 Å². The number of thioether (sulfide) groups is 1. The number of piperidine rings is 1. The monoisotopic (exact) mass is 484 g/mol. The molecule has 1 aromatic heterocycles. The number of hydrogen-bond donors (Lipinski definition) is 2. The van der Waals surface area contributed by atoms with E-state index in [-0.39, 0.29) is 11.9 Å². The quantitative estimate of drug-likeness (QED) is 0.551. The third kappa shape index (κ3) is 7.06. The minimum absolute atomic E-state index is 0.163. The van der Waals surface area contributed by atoms with Crippen molar-refractivity contribution in [2.45, 2.75) is 87.8 Å². The Kier molecular flexibility index (Phi) is 8.98. The lowest BCUT2D eigenvalue weighted by atomic mass is 9.96. The first-order valence-corrected chi connectivity index (χ1v) is 13.4. The average Bonchev–Trinajstić information content (AvgIpc) is 3.21. The number of likely N-dealkylation sites (tertiary alicyclic amines) is 1. The van der Waals surface area contributed by atoms with Crippen molar-refractivity contribution in [2.75, 3.05) is 13.1 Å². The lowest BCUT2D eigenvalue weighted by Gasteiger charge is -2.26. The summed E-state index contributed by atoms with van der Waals surface area (Å²) in [5.41, 5.74) is 1.16. The molecule has 1 aromatic carbocycles. The number of rotatable bonds is 8. The summed E-state index contributed by atoms with van der Waals surface area (Å²) in [4.78, 5) is 27.5. The van der Waals surface area contributed by atoms with Crippen LogP contribution in [0, 0.1) is 0 Å². The summed E-state index contributed by atoms with van der Waals surface area (Å²) in [6.45, 7) is 5.37. The summed E-state index contributed by atoms with van der Waals surface area (Å²) in [7, 11) is 0. The summed E-state index contributed by atoms with van der Waals surface area (Å²) < 4.78 is 2.11. The van der Waals surface area contributed by atoms with Gasteiger partial charge < -0.3 is 9.88 Å². The molecule has 2 heterocycles. The molecule has 0 unspecified atom stereocenters. The van der Waals surface area contributed by atoms with Crippen molar-refractivity contribution in [3.05, 3.63) is 41.7 Å². The second kappa shape index (κ2) is 12.4. The van der Waals surface area contributed by atoms with E-state index in [0.29, 0.717) is 11.7 Å². The molecular formula is C25H36N6O2S. The second-order valence-electron chi connectivity index (χ2n) is 9.37. The number of hydrogen-bond acceptors (Lipinski definition) is 6. The molecule has 9 heteroatoms. The third-order valence-electron chi connectivity index (χ3n) is 6.62. The Morgan fingerprint density at radius 3 is 2.44 bits per heavy atom. The van der Waals surface area contributed by atoms with Gasteiger partial charge in [-0.2, -0.15) is 0 Å². The number of imide groups is 1. The van der Waals surface area contributed by atoms with Gasteiger partial charge in [0.25, 0.3) is 0 Å². The lowest BCUT2D eigenvalue weighted by Crippen LogP contribution is -2.47. The summed E-state index contributed by atoms with van der Waals surface area (Å²) in [5, 5.41) is 14.6. The second-order valence-corrected chi connectivity index (χ2v) is 10.7. The Hall–Kier alpha value is -2.39. The van der Waals surface area contributed by atoms with E-state index in [2.05, 4.69) is 42.4 Å². The van der Waals surface area contributed by atoms with Gasteiger partial charge in [0.2, 0.25) is 5.91 Å². The SMILES string of the molecule is C[C@H](Sc1nnc(CN2CCCCC2)n1Cc1ccccc1)C(=O)NC(=O)NC1CCCCC1. The standard InChI is InChI=1S/C25H36N6O2S/c1-19(23(32)27-24(33)26-21-13-7-3-8-14-21)34-25-29-28-22(18-30-15-9-4-10-16-30)31(25)17-20-11-5-2-6-12-20/h2,5-6,11-12,19,21H,3-4,7-10,13-18H2,1H3,(H2,26,27,32,33)/t19-/m0/s1. The fraction of sp³-hybridized carbons (Fsp3) is 0.600. The van der Waals surface area contributed by atoms with E-state index in [1.54, 1.807) is 6.92 Å². The molecule has 2 aliphatic rings. The smallest absolute Gasteiger partial charge is 0.321 e. The highest BCUT2D eigenvalue weighted by Crippen LogP contribution is 2.25. The van der Waals surface area contributed by atoms with Gasteiger partial charge in [-0.1, -0.05) is 67.8 Å². The molecule has 2 N–H and O–H groups in total. The van der Waals surface area contributed by atoms with Gasteiger partial charge in [0.15, 0.2) is 5.16 Å². The first-order valence-electron chi connectivity index (χ1n) is 12.5. The van der Waals surface area contributed by atoms with Gasteiger partial charge in [-0.05, 0) is 51.3 Å².